The zero-order chi connectivity index (χ0) is 18.8. The van der Waals surface area contributed by atoms with Crippen LogP contribution in [0.4, 0.5) is 5.69 Å². The zero-order valence-corrected chi connectivity index (χ0v) is 13.4. The van der Waals surface area contributed by atoms with Crippen molar-refractivity contribution in [2.24, 2.45) is 0 Å². The number of amides is 1. The highest BCUT2D eigenvalue weighted by atomic mass is 16.8. The summed E-state index contributed by atoms with van der Waals surface area (Å²) < 4.78 is 5.04. The summed E-state index contributed by atoms with van der Waals surface area (Å²) in [6.45, 7) is 0. The molecule has 0 aliphatic carbocycles. The van der Waals surface area contributed by atoms with E-state index in [1.807, 2.05) is 0 Å². The van der Waals surface area contributed by atoms with E-state index in [-0.39, 0.29) is 11.3 Å². The van der Waals surface area contributed by atoms with Crippen LogP contribution in [-0.4, -0.2) is 39.4 Å². The fraction of sp³-hybridized carbons (Fsp3) is 0.176. The highest BCUT2D eigenvalue weighted by Crippen LogP contribution is 2.29. The van der Waals surface area contributed by atoms with Gasteiger partial charge in [-0.1, -0.05) is 18.2 Å². The molecule has 2 aromatic carbocycles. The first kappa shape index (κ1) is 17.7. The lowest BCUT2D eigenvalue weighted by Crippen LogP contribution is -2.99. The normalized spacial score (nSPS) is 20.0. The van der Waals surface area contributed by atoms with E-state index in [1.54, 1.807) is 12.1 Å². The van der Waals surface area contributed by atoms with Crippen molar-refractivity contribution >= 4 is 17.6 Å². The van der Waals surface area contributed by atoms with Crippen LogP contribution in [0, 0.1) is 5.21 Å². The molecule has 26 heavy (non-hydrogen) atoms. The summed E-state index contributed by atoms with van der Waals surface area (Å²) in [5.74, 6) is -2.33. The maximum Gasteiger partial charge on any atom is 0.332 e. The van der Waals surface area contributed by atoms with Crippen LogP contribution in [0.2, 0.25) is 0 Å². The Kier molecular flexibility index (Phi) is 4.76. The number of carbonyl (C=O) groups is 2. The first-order chi connectivity index (χ1) is 12.4. The number of para-hydroxylation sites is 1. The van der Waals surface area contributed by atoms with E-state index in [0.29, 0.717) is 6.42 Å². The monoisotopic (exact) mass is 360 g/mol. The van der Waals surface area contributed by atoms with Crippen LogP contribution < -0.4 is 10.5 Å². The van der Waals surface area contributed by atoms with Gasteiger partial charge in [-0.2, -0.15) is 5.23 Å². The number of cyclic esters (lactones) is 1. The van der Waals surface area contributed by atoms with E-state index < -0.39 is 40.7 Å². The quantitative estimate of drug-likeness (QED) is 0.281. The molecule has 1 fully saturated rings. The number of rotatable bonds is 5. The molecule has 9 nitrogen and oxygen atoms in total. The molecule has 1 aliphatic heterocycles. The Balaban J connectivity index is 1.67. The largest absolute Gasteiger partial charge is 0.595 e. The van der Waals surface area contributed by atoms with Crippen molar-refractivity contribution in [3.63, 3.8) is 0 Å². The van der Waals surface area contributed by atoms with Crippen LogP contribution >= 0.6 is 0 Å². The molecule has 5 N–H and O–H groups in total. The lowest BCUT2D eigenvalue weighted by atomic mass is 9.97. The van der Waals surface area contributed by atoms with Crippen molar-refractivity contribution in [1.29, 1.82) is 0 Å². The molecule has 0 spiro atoms. The van der Waals surface area contributed by atoms with Gasteiger partial charge in [0, 0.05) is 18.6 Å². The van der Waals surface area contributed by atoms with Crippen molar-refractivity contribution < 1.29 is 35.0 Å². The molecule has 1 aliphatic rings. The lowest BCUT2D eigenvalue weighted by molar-refractivity contribution is -0.991. The zero-order valence-electron chi connectivity index (χ0n) is 13.4. The van der Waals surface area contributed by atoms with Crippen molar-refractivity contribution in [2.45, 2.75) is 18.6 Å². The molecule has 0 aromatic heterocycles. The van der Waals surface area contributed by atoms with Gasteiger partial charge in [0.05, 0.1) is 5.56 Å². The summed E-state index contributed by atoms with van der Waals surface area (Å²) in [5, 5.41) is 40.4. The predicted molar refractivity (Wildman–Crippen MR) is 86.8 cm³/mol. The van der Waals surface area contributed by atoms with E-state index >= 15 is 0 Å². The Bertz CT molecular complexity index is 836. The average molecular weight is 360 g/mol. The van der Waals surface area contributed by atoms with Crippen LogP contribution in [0.25, 0.3) is 0 Å². The molecule has 1 heterocycles. The van der Waals surface area contributed by atoms with E-state index in [0.717, 1.165) is 5.56 Å². The van der Waals surface area contributed by atoms with Crippen LogP contribution in [0.5, 0.6) is 11.5 Å². The van der Waals surface area contributed by atoms with E-state index in [1.165, 1.54) is 30.3 Å². The molecule has 1 saturated heterocycles. The van der Waals surface area contributed by atoms with Crippen LogP contribution in [-0.2, 0) is 16.0 Å². The number of nitrogens with one attached hydrogen (secondary N) is 2. The molecular weight excluding hydrogens is 344 g/mol. The van der Waals surface area contributed by atoms with E-state index in [9.17, 15) is 25.0 Å². The maximum atomic E-state index is 12.2. The standard InChI is InChI=1S/C17H16N2O7/c20-12-3-1-2-11(15(12)21)16(22)18-14-13(26-17(14)23)8-9-4-6-10(7-5-9)19(24)25/h1-7,13-14,19-21,24H,8H2,(H,18,22). The summed E-state index contributed by atoms with van der Waals surface area (Å²) in [6.07, 6.45) is -0.315. The average Bonchev–Trinajstić information content (AvgIpc) is 2.62. The second kappa shape index (κ2) is 7.00. The summed E-state index contributed by atoms with van der Waals surface area (Å²) >= 11 is 0. The molecule has 3 atom stereocenters. The number of hydrogen-bond donors (Lipinski definition) is 5. The number of ether oxygens (including phenoxy) is 1. The summed E-state index contributed by atoms with van der Waals surface area (Å²) in [7, 11) is 0. The molecule has 0 bridgehead atoms. The third kappa shape index (κ3) is 3.45. The van der Waals surface area contributed by atoms with Gasteiger partial charge in [-0.3, -0.25) is 4.79 Å². The topological polar surface area (TPSA) is 144 Å². The number of hydrogen-bond acceptors (Lipinski definition) is 7. The minimum absolute atomic E-state index is 0.142. The van der Waals surface area contributed by atoms with Gasteiger partial charge in [0.2, 0.25) is 0 Å². The predicted octanol–water partition coefficient (Wildman–Crippen LogP) is -0.232. The van der Waals surface area contributed by atoms with Crippen LogP contribution in [0.3, 0.4) is 0 Å². The molecule has 1 amide bonds. The van der Waals surface area contributed by atoms with Gasteiger partial charge in [0.15, 0.2) is 23.2 Å². The second-order valence-corrected chi connectivity index (χ2v) is 5.81. The molecule has 2 aromatic rings. The fourth-order valence-corrected chi connectivity index (χ4v) is 2.63. The van der Waals surface area contributed by atoms with E-state index in [2.05, 4.69) is 5.32 Å². The highest BCUT2D eigenvalue weighted by Gasteiger charge is 2.43. The molecule has 136 valence electrons. The number of aromatic hydroxyl groups is 2. The molecule has 3 rings (SSSR count). The molecule has 0 radical (unpaired) electrons. The molecule has 3 unspecified atom stereocenters. The van der Waals surface area contributed by atoms with Crippen molar-refractivity contribution in [3.8, 4) is 11.5 Å². The minimum atomic E-state index is -1.04. The van der Waals surface area contributed by atoms with E-state index in [4.69, 9.17) is 9.94 Å². The Labute approximate surface area is 147 Å². The van der Waals surface area contributed by atoms with Gasteiger partial charge in [0.1, 0.15) is 6.10 Å². The Morgan fingerprint density at radius 2 is 1.88 bits per heavy atom. The van der Waals surface area contributed by atoms with Crippen molar-refractivity contribution in [3.05, 3.63) is 58.8 Å². The minimum Gasteiger partial charge on any atom is -0.595 e. The van der Waals surface area contributed by atoms with Crippen molar-refractivity contribution in [1.82, 2.24) is 5.32 Å². The van der Waals surface area contributed by atoms with Gasteiger partial charge in [-0.25, -0.2) is 10.0 Å². The number of quaternary nitrogens is 1. The first-order valence-corrected chi connectivity index (χ1v) is 7.71. The second-order valence-electron chi connectivity index (χ2n) is 5.81. The van der Waals surface area contributed by atoms with Crippen LogP contribution in [0.1, 0.15) is 15.9 Å². The first-order valence-electron chi connectivity index (χ1n) is 7.71. The lowest BCUT2D eigenvalue weighted by Gasteiger charge is -2.35. The van der Waals surface area contributed by atoms with Crippen molar-refractivity contribution in [2.75, 3.05) is 0 Å². The van der Waals surface area contributed by atoms with Gasteiger partial charge in [-0.15, -0.1) is 0 Å². The smallest absolute Gasteiger partial charge is 0.332 e. The SMILES string of the molecule is O=C(NC1C(=O)OC1Cc1ccc([NH+]([O-])O)cc1)c1cccc(O)c1O. The number of esters is 1. The number of phenolic OH excluding ortho intramolecular Hbond substituents is 2. The number of carbonyl (C=O) groups excluding carboxylic acids is 2. The highest BCUT2D eigenvalue weighted by molar-refractivity contribution is 6.00. The van der Waals surface area contributed by atoms with Gasteiger partial charge in [-0.05, 0) is 17.7 Å². The fourth-order valence-electron chi connectivity index (χ4n) is 2.63. The summed E-state index contributed by atoms with van der Waals surface area (Å²) in [4.78, 5) is 23.9. The number of phenols is 2. The Morgan fingerprint density at radius 1 is 1.19 bits per heavy atom. The third-order valence-corrected chi connectivity index (χ3v) is 4.08. The molecule has 9 heteroatoms. The van der Waals surface area contributed by atoms with Gasteiger partial charge in [0.25, 0.3) is 5.91 Å². The van der Waals surface area contributed by atoms with Crippen LogP contribution in [0.15, 0.2) is 42.5 Å². The summed E-state index contributed by atoms with van der Waals surface area (Å²) in [6, 6.07) is 9.13. The molecule has 0 saturated carbocycles. The maximum absolute atomic E-state index is 12.2. The summed E-state index contributed by atoms with van der Waals surface area (Å²) in [5.41, 5.74) is 0.727. The Morgan fingerprint density at radius 3 is 2.50 bits per heavy atom. The number of benzene rings is 2. The molecular formula is C17H16N2O7. The third-order valence-electron chi connectivity index (χ3n) is 4.08. The Hall–Kier alpha value is -3.14. The van der Waals surface area contributed by atoms with Gasteiger partial charge < -0.3 is 25.5 Å². The van der Waals surface area contributed by atoms with Gasteiger partial charge >= 0.3 is 5.97 Å².